The maximum absolute atomic E-state index is 15.1. The van der Waals surface area contributed by atoms with Crippen molar-refractivity contribution in [3.63, 3.8) is 0 Å². The van der Waals surface area contributed by atoms with Crippen molar-refractivity contribution in [3.8, 4) is 0 Å². The minimum atomic E-state index is -1.44. The van der Waals surface area contributed by atoms with Gasteiger partial charge in [0.1, 0.15) is 0 Å². The summed E-state index contributed by atoms with van der Waals surface area (Å²) in [4.78, 5) is 0. The summed E-state index contributed by atoms with van der Waals surface area (Å²) in [5.41, 5.74) is 4.96. The van der Waals surface area contributed by atoms with Gasteiger partial charge in [-0.2, -0.15) is 0 Å². The third-order valence-electron chi connectivity index (χ3n) is 3.66. The van der Waals surface area contributed by atoms with Crippen LogP contribution in [-0.2, 0) is 5.67 Å². The summed E-state index contributed by atoms with van der Waals surface area (Å²) < 4.78 is 15.1. The van der Waals surface area contributed by atoms with Crippen molar-refractivity contribution >= 4 is 0 Å². The molecule has 1 fully saturated rings. The molecule has 0 saturated carbocycles. The smallest absolute Gasteiger partial charge is 0.163 e. The summed E-state index contributed by atoms with van der Waals surface area (Å²) in [5, 5.41) is 3.32. The normalized spacial score (nSPS) is 24.9. The predicted octanol–water partition coefficient (Wildman–Crippen LogP) is 2.34. The van der Waals surface area contributed by atoms with E-state index in [2.05, 4.69) is 5.32 Å². The lowest BCUT2D eigenvalue weighted by Gasteiger charge is -2.33. The Morgan fingerprint density at radius 2 is 2.00 bits per heavy atom. The Morgan fingerprint density at radius 3 is 2.71 bits per heavy atom. The molecule has 2 rings (SSSR count). The van der Waals surface area contributed by atoms with Gasteiger partial charge in [-0.3, -0.25) is 0 Å². The number of hydrogen-bond acceptors (Lipinski definition) is 2. The van der Waals surface area contributed by atoms with Crippen LogP contribution >= 0.6 is 0 Å². The highest BCUT2D eigenvalue weighted by atomic mass is 19.1. The topological polar surface area (TPSA) is 38.0 Å². The molecule has 0 bridgehead atoms. The third-order valence-corrected chi connectivity index (χ3v) is 3.66. The molecule has 1 aliphatic heterocycles. The lowest BCUT2D eigenvalue weighted by molar-refractivity contribution is 0.109. The van der Waals surface area contributed by atoms with Crippen LogP contribution in [0.4, 0.5) is 4.39 Å². The Hall–Kier alpha value is -0.930. The molecule has 1 aromatic rings. The molecule has 1 heterocycles. The highest BCUT2D eigenvalue weighted by Gasteiger charge is 2.39. The van der Waals surface area contributed by atoms with Crippen LogP contribution in [0.25, 0.3) is 0 Å². The molecule has 0 amide bonds. The van der Waals surface area contributed by atoms with Gasteiger partial charge in [0.05, 0.1) is 0 Å². The van der Waals surface area contributed by atoms with E-state index in [0.29, 0.717) is 5.56 Å². The van der Waals surface area contributed by atoms with Gasteiger partial charge in [0.25, 0.3) is 0 Å². The number of halogens is 1. The van der Waals surface area contributed by atoms with Crippen LogP contribution in [0.5, 0.6) is 0 Å². The maximum atomic E-state index is 15.1. The standard InChI is InChI=1S/C14H21FN2/c15-14(11-16,12-7-3-1-4-8-12)13-9-5-2-6-10-17-13/h1,3-4,7-8,13,17H,2,5-6,9-11,16H2. The number of benzene rings is 1. The van der Waals surface area contributed by atoms with Gasteiger partial charge >= 0.3 is 0 Å². The molecule has 0 radical (unpaired) electrons. The molecule has 3 heteroatoms. The molecule has 0 spiro atoms. The fourth-order valence-corrected chi connectivity index (χ4v) is 2.60. The minimum Gasteiger partial charge on any atom is -0.327 e. The van der Waals surface area contributed by atoms with E-state index in [-0.39, 0.29) is 12.6 Å². The summed E-state index contributed by atoms with van der Waals surface area (Å²) >= 11 is 0. The summed E-state index contributed by atoms with van der Waals surface area (Å²) in [6.45, 7) is 0.928. The largest absolute Gasteiger partial charge is 0.327 e. The minimum absolute atomic E-state index is 0.0364. The van der Waals surface area contributed by atoms with Crippen LogP contribution in [0.3, 0.4) is 0 Å². The van der Waals surface area contributed by atoms with Crippen LogP contribution in [0, 0.1) is 0 Å². The van der Waals surface area contributed by atoms with Gasteiger partial charge in [0.2, 0.25) is 0 Å². The van der Waals surface area contributed by atoms with E-state index in [1.54, 1.807) is 0 Å². The number of hydrogen-bond donors (Lipinski definition) is 2. The number of rotatable bonds is 3. The number of nitrogens with two attached hydrogens (primary N) is 1. The quantitative estimate of drug-likeness (QED) is 0.845. The zero-order valence-corrected chi connectivity index (χ0v) is 10.2. The Morgan fingerprint density at radius 1 is 1.24 bits per heavy atom. The van der Waals surface area contributed by atoms with Crippen LogP contribution < -0.4 is 11.1 Å². The van der Waals surface area contributed by atoms with E-state index in [1.807, 2.05) is 30.3 Å². The van der Waals surface area contributed by atoms with Crippen LogP contribution in [0.15, 0.2) is 30.3 Å². The van der Waals surface area contributed by atoms with Crippen molar-refractivity contribution < 1.29 is 4.39 Å². The van der Waals surface area contributed by atoms with Crippen LogP contribution in [-0.4, -0.2) is 19.1 Å². The molecule has 17 heavy (non-hydrogen) atoms. The van der Waals surface area contributed by atoms with Crippen LogP contribution in [0.2, 0.25) is 0 Å². The van der Waals surface area contributed by atoms with E-state index >= 15 is 4.39 Å². The van der Waals surface area contributed by atoms with Crippen molar-refractivity contribution in [1.29, 1.82) is 0 Å². The van der Waals surface area contributed by atoms with Crippen molar-refractivity contribution in [2.45, 2.75) is 37.4 Å². The third kappa shape index (κ3) is 2.67. The van der Waals surface area contributed by atoms with Gasteiger partial charge in [-0.25, -0.2) is 4.39 Å². The van der Waals surface area contributed by atoms with E-state index in [9.17, 15) is 0 Å². The second-order valence-corrected chi connectivity index (χ2v) is 4.79. The monoisotopic (exact) mass is 236 g/mol. The zero-order chi connectivity index (χ0) is 12.1. The van der Waals surface area contributed by atoms with Crippen molar-refractivity contribution in [1.82, 2.24) is 5.32 Å². The first-order valence-corrected chi connectivity index (χ1v) is 6.45. The first kappa shape index (κ1) is 12.5. The zero-order valence-electron chi connectivity index (χ0n) is 10.2. The second kappa shape index (κ2) is 5.61. The molecular weight excluding hydrogens is 215 g/mol. The summed E-state index contributed by atoms with van der Waals surface area (Å²) in [6, 6.07) is 9.16. The molecule has 94 valence electrons. The maximum Gasteiger partial charge on any atom is 0.163 e. The lowest BCUT2D eigenvalue weighted by atomic mass is 9.86. The number of alkyl halides is 1. The summed E-state index contributed by atoms with van der Waals surface area (Å²) in [6.07, 6.45) is 4.25. The summed E-state index contributed by atoms with van der Waals surface area (Å²) in [7, 11) is 0. The van der Waals surface area contributed by atoms with Crippen molar-refractivity contribution in [3.05, 3.63) is 35.9 Å². The molecule has 2 atom stereocenters. The summed E-state index contributed by atoms with van der Waals surface area (Å²) in [5.74, 6) is 0. The molecule has 2 unspecified atom stereocenters. The molecule has 1 saturated heterocycles. The van der Waals surface area contributed by atoms with Gasteiger partial charge in [0, 0.05) is 12.6 Å². The van der Waals surface area contributed by atoms with Gasteiger partial charge in [-0.05, 0) is 24.9 Å². The predicted molar refractivity (Wildman–Crippen MR) is 68.5 cm³/mol. The SMILES string of the molecule is NCC(F)(c1ccccc1)C1CCCCCN1. The molecule has 0 aliphatic carbocycles. The first-order valence-electron chi connectivity index (χ1n) is 6.45. The average molecular weight is 236 g/mol. The van der Waals surface area contributed by atoms with Gasteiger partial charge in [-0.1, -0.05) is 43.2 Å². The Labute approximate surface area is 102 Å². The van der Waals surface area contributed by atoms with Crippen molar-refractivity contribution in [2.24, 2.45) is 5.73 Å². The Bertz CT molecular complexity index is 333. The van der Waals surface area contributed by atoms with E-state index in [1.165, 1.54) is 6.42 Å². The fraction of sp³-hybridized carbons (Fsp3) is 0.571. The Balaban J connectivity index is 2.23. The van der Waals surface area contributed by atoms with E-state index < -0.39 is 5.67 Å². The van der Waals surface area contributed by atoms with E-state index in [0.717, 1.165) is 25.8 Å². The molecular formula is C14H21FN2. The molecule has 0 aromatic heterocycles. The molecule has 3 N–H and O–H groups in total. The molecule has 1 aromatic carbocycles. The van der Waals surface area contributed by atoms with E-state index in [4.69, 9.17) is 5.73 Å². The van der Waals surface area contributed by atoms with Gasteiger partial charge in [0.15, 0.2) is 5.67 Å². The highest BCUT2D eigenvalue weighted by molar-refractivity contribution is 5.25. The van der Waals surface area contributed by atoms with Gasteiger partial charge < -0.3 is 11.1 Å². The Kier molecular flexibility index (Phi) is 4.13. The fourth-order valence-electron chi connectivity index (χ4n) is 2.60. The lowest BCUT2D eigenvalue weighted by Crippen LogP contribution is -2.49. The van der Waals surface area contributed by atoms with Crippen LogP contribution in [0.1, 0.15) is 31.2 Å². The molecule has 2 nitrogen and oxygen atoms in total. The molecule has 1 aliphatic rings. The second-order valence-electron chi connectivity index (χ2n) is 4.79. The first-order chi connectivity index (χ1) is 8.27. The van der Waals surface area contributed by atoms with Gasteiger partial charge in [-0.15, -0.1) is 0 Å². The average Bonchev–Trinajstić information content (AvgIpc) is 2.68. The number of nitrogens with one attached hydrogen (secondary N) is 1. The highest BCUT2D eigenvalue weighted by Crippen LogP contribution is 2.32. The van der Waals surface area contributed by atoms with Crippen molar-refractivity contribution in [2.75, 3.05) is 13.1 Å².